The van der Waals surface area contributed by atoms with Crippen LogP contribution in [0.25, 0.3) is 0 Å². The lowest BCUT2D eigenvalue weighted by molar-refractivity contribution is -0.140. The second-order valence-corrected chi connectivity index (χ2v) is 5.72. The van der Waals surface area contributed by atoms with Gasteiger partial charge >= 0.3 is 0 Å². The van der Waals surface area contributed by atoms with Crippen LogP contribution in [0, 0.1) is 0 Å². The highest BCUT2D eigenvalue weighted by Gasteiger charge is 2.34. The molecule has 0 aliphatic carbocycles. The van der Waals surface area contributed by atoms with Crippen molar-refractivity contribution < 1.29 is 9.53 Å². The molecule has 5 nitrogen and oxygen atoms in total. The van der Waals surface area contributed by atoms with E-state index >= 15 is 0 Å². The van der Waals surface area contributed by atoms with Gasteiger partial charge in [0.25, 0.3) is 0 Å². The van der Waals surface area contributed by atoms with Crippen LogP contribution in [-0.4, -0.2) is 53.5 Å². The SMILES string of the molecule is CN1CC(=O)N2Cc3cc(Br)cnc3OC[C@@H]2C1. The van der Waals surface area contributed by atoms with Gasteiger partial charge in [0.05, 0.1) is 19.1 Å². The predicted molar refractivity (Wildman–Crippen MR) is 69.3 cm³/mol. The summed E-state index contributed by atoms with van der Waals surface area (Å²) in [5.41, 5.74) is 0.963. The van der Waals surface area contributed by atoms with E-state index in [9.17, 15) is 4.79 Å². The Labute approximate surface area is 114 Å². The van der Waals surface area contributed by atoms with Gasteiger partial charge in [-0.2, -0.15) is 0 Å². The van der Waals surface area contributed by atoms with E-state index in [1.54, 1.807) is 6.20 Å². The van der Waals surface area contributed by atoms with Gasteiger partial charge in [-0.05, 0) is 29.0 Å². The van der Waals surface area contributed by atoms with Crippen molar-refractivity contribution in [2.24, 2.45) is 0 Å². The van der Waals surface area contributed by atoms with Crippen molar-refractivity contribution in [1.82, 2.24) is 14.8 Å². The molecule has 96 valence electrons. The number of piperazine rings is 1. The van der Waals surface area contributed by atoms with Gasteiger partial charge in [0.2, 0.25) is 11.8 Å². The maximum Gasteiger partial charge on any atom is 0.237 e. The second kappa shape index (κ2) is 4.51. The number of amides is 1. The third-order valence-electron chi connectivity index (χ3n) is 3.33. The number of halogens is 1. The average Bonchev–Trinajstić information content (AvgIpc) is 2.48. The molecule has 3 heterocycles. The van der Waals surface area contributed by atoms with E-state index in [-0.39, 0.29) is 11.9 Å². The Morgan fingerprint density at radius 1 is 1.50 bits per heavy atom. The van der Waals surface area contributed by atoms with Crippen LogP contribution in [0.4, 0.5) is 0 Å². The van der Waals surface area contributed by atoms with Crippen LogP contribution in [0.15, 0.2) is 16.7 Å². The van der Waals surface area contributed by atoms with Crippen LogP contribution in [-0.2, 0) is 11.3 Å². The van der Waals surface area contributed by atoms with Crippen molar-refractivity contribution in [1.29, 1.82) is 0 Å². The molecule has 0 bridgehead atoms. The number of likely N-dealkylation sites (N-methyl/N-ethyl adjacent to an activating group) is 1. The Bertz CT molecular complexity index is 494. The molecule has 18 heavy (non-hydrogen) atoms. The molecule has 2 aliphatic rings. The summed E-state index contributed by atoms with van der Waals surface area (Å²) in [7, 11) is 1.96. The molecule has 1 amide bonds. The molecule has 1 aromatic rings. The molecule has 0 radical (unpaired) electrons. The molecular formula is C12H14BrN3O2. The molecule has 6 heteroatoms. The van der Waals surface area contributed by atoms with E-state index < -0.39 is 0 Å². The fourth-order valence-electron chi connectivity index (χ4n) is 2.48. The Balaban J connectivity index is 1.92. The zero-order chi connectivity index (χ0) is 12.7. The fraction of sp³-hybridized carbons (Fsp3) is 0.500. The molecule has 3 rings (SSSR count). The number of nitrogens with zero attached hydrogens (tertiary/aromatic N) is 3. The molecular weight excluding hydrogens is 298 g/mol. The van der Waals surface area contributed by atoms with Crippen LogP contribution in [0.1, 0.15) is 5.56 Å². The Morgan fingerprint density at radius 2 is 2.33 bits per heavy atom. The zero-order valence-electron chi connectivity index (χ0n) is 10.1. The number of aromatic nitrogens is 1. The minimum absolute atomic E-state index is 0.115. The molecule has 2 aliphatic heterocycles. The van der Waals surface area contributed by atoms with Crippen molar-refractivity contribution in [2.75, 3.05) is 26.7 Å². The van der Waals surface area contributed by atoms with Crippen LogP contribution in [0.5, 0.6) is 5.88 Å². The highest BCUT2D eigenvalue weighted by atomic mass is 79.9. The lowest BCUT2D eigenvalue weighted by Crippen LogP contribution is -2.56. The van der Waals surface area contributed by atoms with Crippen LogP contribution >= 0.6 is 15.9 Å². The normalized spacial score (nSPS) is 24.0. The minimum Gasteiger partial charge on any atom is -0.475 e. The largest absolute Gasteiger partial charge is 0.475 e. The van der Waals surface area contributed by atoms with Crippen LogP contribution in [0.3, 0.4) is 0 Å². The number of fused-ring (bicyclic) bond motifs is 2. The van der Waals surface area contributed by atoms with E-state index in [4.69, 9.17) is 4.74 Å². The van der Waals surface area contributed by atoms with Gasteiger partial charge in [-0.1, -0.05) is 0 Å². The number of hydrogen-bond acceptors (Lipinski definition) is 4. The lowest BCUT2D eigenvalue weighted by Gasteiger charge is -2.37. The first-order chi connectivity index (χ1) is 8.63. The third-order valence-corrected chi connectivity index (χ3v) is 3.77. The highest BCUT2D eigenvalue weighted by molar-refractivity contribution is 9.10. The van der Waals surface area contributed by atoms with Gasteiger partial charge in [-0.25, -0.2) is 4.98 Å². The van der Waals surface area contributed by atoms with Gasteiger partial charge in [-0.15, -0.1) is 0 Å². The summed E-state index contributed by atoms with van der Waals surface area (Å²) < 4.78 is 6.62. The van der Waals surface area contributed by atoms with Gasteiger partial charge < -0.3 is 9.64 Å². The van der Waals surface area contributed by atoms with Gasteiger partial charge in [0.1, 0.15) is 6.61 Å². The van der Waals surface area contributed by atoms with Crippen molar-refractivity contribution >= 4 is 21.8 Å². The third kappa shape index (κ3) is 2.10. The number of carbonyl (C=O) groups is 1. The number of ether oxygens (including phenoxy) is 1. The number of hydrogen-bond donors (Lipinski definition) is 0. The van der Waals surface area contributed by atoms with Gasteiger partial charge in [-0.3, -0.25) is 9.69 Å². The molecule has 1 fully saturated rings. The number of rotatable bonds is 0. The second-order valence-electron chi connectivity index (χ2n) is 4.80. The number of pyridine rings is 1. The van der Waals surface area contributed by atoms with E-state index in [2.05, 4.69) is 20.9 Å². The van der Waals surface area contributed by atoms with E-state index in [1.165, 1.54) is 0 Å². The first kappa shape index (κ1) is 11.9. The van der Waals surface area contributed by atoms with E-state index in [1.807, 2.05) is 22.9 Å². The summed E-state index contributed by atoms with van der Waals surface area (Å²) >= 11 is 3.40. The molecule has 0 unspecified atom stereocenters. The molecule has 0 saturated carbocycles. The van der Waals surface area contributed by atoms with Crippen molar-refractivity contribution in [2.45, 2.75) is 12.6 Å². The maximum absolute atomic E-state index is 12.1. The standard InChI is InChI=1S/C12H14BrN3O2/c1-15-5-10-7-18-12-8(2-9(13)3-14-12)4-16(10)11(17)6-15/h2-3,10H,4-7H2,1H3/t10-/m0/s1. The van der Waals surface area contributed by atoms with E-state index in [0.29, 0.717) is 25.6 Å². The fourth-order valence-corrected chi connectivity index (χ4v) is 2.86. The number of carbonyl (C=O) groups excluding carboxylic acids is 1. The lowest BCUT2D eigenvalue weighted by atomic mass is 10.1. The van der Waals surface area contributed by atoms with Crippen molar-refractivity contribution in [3.8, 4) is 5.88 Å². The quantitative estimate of drug-likeness (QED) is 0.713. The zero-order valence-corrected chi connectivity index (χ0v) is 11.7. The first-order valence-corrected chi connectivity index (χ1v) is 6.68. The molecule has 1 aromatic heterocycles. The Kier molecular flexibility index (Phi) is 2.99. The topological polar surface area (TPSA) is 45.7 Å². The summed E-state index contributed by atoms with van der Waals surface area (Å²) in [4.78, 5) is 20.3. The Hall–Kier alpha value is -1.14. The summed E-state index contributed by atoms with van der Waals surface area (Å²) in [5.74, 6) is 0.799. The summed E-state index contributed by atoms with van der Waals surface area (Å²) in [5, 5.41) is 0. The molecule has 1 atom stereocenters. The average molecular weight is 312 g/mol. The maximum atomic E-state index is 12.1. The van der Waals surface area contributed by atoms with Crippen molar-refractivity contribution in [3.63, 3.8) is 0 Å². The summed E-state index contributed by atoms with van der Waals surface area (Å²) in [6.45, 7) is 2.42. The monoisotopic (exact) mass is 311 g/mol. The highest BCUT2D eigenvalue weighted by Crippen LogP contribution is 2.27. The first-order valence-electron chi connectivity index (χ1n) is 5.89. The smallest absolute Gasteiger partial charge is 0.237 e. The van der Waals surface area contributed by atoms with Crippen LogP contribution < -0.4 is 4.74 Å². The van der Waals surface area contributed by atoms with Crippen molar-refractivity contribution in [3.05, 3.63) is 22.3 Å². The van der Waals surface area contributed by atoms with Gasteiger partial charge in [0, 0.05) is 22.8 Å². The molecule has 1 saturated heterocycles. The molecule has 0 aromatic carbocycles. The summed E-state index contributed by atoms with van der Waals surface area (Å²) in [6, 6.07) is 2.08. The molecule has 0 spiro atoms. The summed E-state index contributed by atoms with van der Waals surface area (Å²) in [6.07, 6.45) is 1.72. The predicted octanol–water partition coefficient (Wildman–Crippen LogP) is 0.879. The minimum atomic E-state index is 0.115. The molecule has 0 N–H and O–H groups in total. The van der Waals surface area contributed by atoms with E-state index in [0.717, 1.165) is 16.6 Å². The van der Waals surface area contributed by atoms with Crippen LogP contribution in [0.2, 0.25) is 0 Å². The Morgan fingerprint density at radius 3 is 3.17 bits per heavy atom. The van der Waals surface area contributed by atoms with Gasteiger partial charge in [0.15, 0.2) is 0 Å².